The Morgan fingerprint density at radius 1 is 1.53 bits per heavy atom. The minimum absolute atomic E-state index is 0.0369. The highest BCUT2D eigenvalue weighted by Gasteiger charge is 2.11. The summed E-state index contributed by atoms with van der Waals surface area (Å²) in [7, 11) is 0. The number of aromatic nitrogens is 2. The maximum Gasteiger partial charge on any atom is 0.230 e. The average molecular weight is 316 g/mol. The normalized spacial score (nSPS) is 10.2. The third-order valence-corrected chi connectivity index (χ3v) is 3.21. The fourth-order valence-electron chi connectivity index (χ4n) is 1.25. The summed E-state index contributed by atoms with van der Waals surface area (Å²) in [5.74, 6) is -0.737. The average Bonchev–Trinajstić information content (AvgIpc) is 2.77. The molecule has 0 aliphatic rings. The Morgan fingerprint density at radius 3 is 3.06 bits per heavy atom. The Balaban J connectivity index is 2.06. The first-order valence-electron chi connectivity index (χ1n) is 4.65. The fourth-order valence-corrected chi connectivity index (χ4v) is 2.12. The summed E-state index contributed by atoms with van der Waals surface area (Å²) in [6.45, 7) is 0. The summed E-state index contributed by atoms with van der Waals surface area (Å²) in [5, 5.41) is 10.2. The summed E-state index contributed by atoms with van der Waals surface area (Å²) >= 11 is 4.28. The smallest absolute Gasteiger partial charge is 0.230 e. The second-order valence-electron chi connectivity index (χ2n) is 3.18. The molecule has 17 heavy (non-hydrogen) atoms. The lowest BCUT2D eigenvalue weighted by Crippen LogP contribution is -2.15. The van der Waals surface area contributed by atoms with Crippen molar-refractivity contribution >= 4 is 38.3 Å². The van der Waals surface area contributed by atoms with Crippen LogP contribution in [0.4, 0.5) is 9.52 Å². The number of hydrogen-bond acceptors (Lipinski definition) is 4. The van der Waals surface area contributed by atoms with Gasteiger partial charge in [0.25, 0.3) is 0 Å². The minimum atomic E-state index is -0.417. The predicted molar refractivity (Wildman–Crippen MR) is 66.3 cm³/mol. The van der Waals surface area contributed by atoms with Crippen LogP contribution in [0.25, 0.3) is 0 Å². The Bertz CT molecular complexity index is 532. The number of anilines is 1. The monoisotopic (exact) mass is 315 g/mol. The quantitative estimate of drug-likeness (QED) is 0.947. The molecular weight excluding hydrogens is 309 g/mol. The largest absolute Gasteiger partial charge is 0.300 e. The van der Waals surface area contributed by atoms with Crippen molar-refractivity contribution in [2.75, 3.05) is 5.32 Å². The van der Waals surface area contributed by atoms with Crippen LogP contribution in [0.2, 0.25) is 0 Å². The van der Waals surface area contributed by atoms with E-state index in [1.807, 2.05) is 0 Å². The van der Waals surface area contributed by atoms with Crippen LogP contribution in [0.15, 0.2) is 28.2 Å². The maximum atomic E-state index is 13.6. The molecule has 0 saturated heterocycles. The van der Waals surface area contributed by atoms with Crippen molar-refractivity contribution in [2.24, 2.45) is 0 Å². The summed E-state index contributed by atoms with van der Waals surface area (Å²) in [6.07, 6.45) is -0.0369. The highest BCUT2D eigenvalue weighted by atomic mass is 79.9. The van der Waals surface area contributed by atoms with E-state index in [1.165, 1.54) is 16.8 Å². The van der Waals surface area contributed by atoms with E-state index in [0.29, 0.717) is 15.2 Å². The van der Waals surface area contributed by atoms with E-state index in [0.717, 1.165) is 0 Å². The van der Waals surface area contributed by atoms with Crippen LogP contribution < -0.4 is 5.32 Å². The van der Waals surface area contributed by atoms with Gasteiger partial charge in [0.15, 0.2) is 0 Å². The van der Waals surface area contributed by atoms with Gasteiger partial charge in [-0.3, -0.25) is 4.79 Å². The lowest BCUT2D eigenvalue weighted by Gasteiger charge is -2.04. The van der Waals surface area contributed by atoms with Gasteiger partial charge in [-0.15, -0.1) is 10.2 Å². The molecule has 2 rings (SSSR count). The van der Waals surface area contributed by atoms with E-state index >= 15 is 0 Å². The zero-order valence-corrected chi connectivity index (χ0v) is 10.9. The van der Waals surface area contributed by atoms with Crippen molar-refractivity contribution in [1.29, 1.82) is 0 Å². The van der Waals surface area contributed by atoms with Gasteiger partial charge in [0.05, 0.1) is 10.9 Å². The van der Waals surface area contributed by atoms with Gasteiger partial charge in [-0.1, -0.05) is 23.5 Å². The van der Waals surface area contributed by atoms with E-state index in [2.05, 4.69) is 31.4 Å². The number of nitrogens with one attached hydrogen (secondary N) is 1. The number of benzene rings is 1. The fraction of sp³-hybridized carbons (Fsp3) is 0.100. The summed E-state index contributed by atoms with van der Waals surface area (Å²) in [5.41, 5.74) is 1.84. The number of hydrogen-bond donors (Lipinski definition) is 1. The van der Waals surface area contributed by atoms with E-state index in [-0.39, 0.29) is 12.3 Å². The van der Waals surface area contributed by atoms with Crippen LogP contribution in [0, 0.1) is 5.82 Å². The molecule has 1 heterocycles. The standard InChI is InChI=1S/C10H7BrFN3OS/c11-7-3-1-2-6(9(7)12)4-8(16)14-10-15-13-5-17-10/h1-3,5H,4H2,(H,14,15,16). The van der Waals surface area contributed by atoms with Gasteiger partial charge in [0.2, 0.25) is 11.0 Å². The number of halogens is 2. The van der Waals surface area contributed by atoms with Gasteiger partial charge >= 0.3 is 0 Å². The molecule has 0 unspecified atom stereocenters. The molecule has 1 amide bonds. The molecular formula is C10H7BrFN3OS. The molecule has 1 N–H and O–H groups in total. The lowest BCUT2D eigenvalue weighted by molar-refractivity contribution is -0.115. The molecule has 0 atom stereocenters. The van der Waals surface area contributed by atoms with Crippen LogP contribution in [-0.4, -0.2) is 16.1 Å². The SMILES string of the molecule is O=C(Cc1cccc(Br)c1F)Nc1nncs1. The summed E-state index contributed by atoms with van der Waals surface area (Å²) in [4.78, 5) is 11.6. The Morgan fingerprint density at radius 2 is 2.35 bits per heavy atom. The Hall–Kier alpha value is -1.34. The van der Waals surface area contributed by atoms with Gasteiger partial charge in [-0.05, 0) is 27.6 Å². The Kier molecular flexibility index (Phi) is 3.80. The number of nitrogens with zero attached hydrogens (tertiary/aromatic N) is 2. The molecule has 0 fully saturated rings. The van der Waals surface area contributed by atoms with Crippen molar-refractivity contribution in [2.45, 2.75) is 6.42 Å². The van der Waals surface area contributed by atoms with Crippen LogP contribution in [0.1, 0.15) is 5.56 Å². The van der Waals surface area contributed by atoms with Crippen LogP contribution in [-0.2, 0) is 11.2 Å². The van der Waals surface area contributed by atoms with Crippen LogP contribution >= 0.6 is 27.3 Å². The summed E-state index contributed by atoms with van der Waals surface area (Å²) in [6, 6.07) is 4.84. The molecule has 7 heteroatoms. The van der Waals surface area contributed by atoms with Gasteiger partial charge < -0.3 is 5.32 Å². The predicted octanol–water partition coefficient (Wildman–Crippen LogP) is 2.62. The zero-order valence-electron chi connectivity index (χ0n) is 8.48. The first-order valence-corrected chi connectivity index (χ1v) is 6.33. The second-order valence-corrected chi connectivity index (χ2v) is 4.87. The molecule has 0 aliphatic heterocycles. The lowest BCUT2D eigenvalue weighted by atomic mass is 10.1. The Labute approximate surface area is 109 Å². The molecule has 0 aliphatic carbocycles. The van der Waals surface area contributed by atoms with Crippen molar-refractivity contribution in [3.05, 3.63) is 39.6 Å². The molecule has 1 aromatic carbocycles. The molecule has 0 saturated carbocycles. The van der Waals surface area contributed by atoms with Gasteiger partial charge in [0.1, 0.15) is 11.3 Å². The van der Waals surface area contributed by atoms with Crippen LogP contribution in [0.3, 0.4) is 0 Å². The molecule has 0 bridgehead atoms. The summed E-state index contributed by atoms with van der Waals surface area (Å²) < 4.78 is 13.9. The first kappa shape index (κ1) is 12.1. The van der Waals surface area contributed by atoms with E-state index < -0.39 is 5.82 Å². The maximum absolute atomic E-state index is 13.6. The van der Waals surface area contributed by atoms with E-state index in [4.69, 9.17) is 0 Å². The molecule has 0 radical (unpaired) electrons. The third-order valence-electron chi connectivity index (χ3n) is 1.99. The third kappa shape index (κ3) is 3.07. The molecule has 2 aromatic rings. The van der Waals surface area contributed by atoms with E-state index in [9.17, 15) is 9.18 Å². The topological polar surface area (TPSA) is 54.9 Å². The first-order chi connectivity index (χ1) is 8.16. The van der Waals surface area contributed by atoms with Crippen molar-refractivity contribution in [3.8, 4) is 0 Å². The van der Waals surface area contributed by atoms with Gasteiger partial charge in [0, 0.05) is 0 Å². The van der Waals surface area contributed by atoms with Crippen molar-refractivity contribution in [3.63, 3.8) is 0 Å². The molecule has 4 nitrogen and oxygen atoms in total. The van der Waals surface area contributed by atoms with Crippen molar-refractivity contribution < 1.29 is 9.18 Å². The van der Waals surface area contributed by atoms with Crippen LogP contribution in [0.5, 0.6) is 0 Å². The van der Waals surface area contributed by atoms with Gasteiger partial charge in [-0.2, -0.15) is 0 Å². The molecule has 0 spiro atoms. The second kappa shape index (κ2) is 5.33. The van der Waals surface area contributed by atoms with E-state index in [1.54, 1.807) is 18.2 Å². The number of carbonyl (C=O) groups excluding carboxylic acids is 1. The molecule has 88 valence electrons. The molecule has 1 aromatic heterocycles. The minimum Gasteiger partial charge on any atom is -0.300 e. The van der Waals surface area contributed by atoms with Gasteiger partial charge in [-0.25, -0.2) is 4.39 Å². The highest BCUT2D eigenvalue weighted by molar-refractivity contribution is 9.10. The highest BCUT2D eigenvalue weighted by Crippen LogP contribution is 2.19. The number of amides is 1. The number of rotatable bonds is 3. The zero-order chi connectivity index (χ0) is 12.3. The van der Waals surface area contributed by atoms with Crippen molar-refractivity contribution in [1.82, 2.24) is 10.2 Å². The number of carbonyl (C=O) groups is 1.